The van der Waals surface area contributed by atoms with Crippen molar-refractivity contribution in [2.75, 3.05) is 20.1 Å². The molecule has 0 heterocycles. The molecule has 5 heteroatoms. The highest BCUT2D eigenvalue weighted by Crippen LogP contribution is 2.09. The van der Waals surface area contributed by atoms with E-state index < -0.39 is 10.0 Å². The molecule has 0 fully saturated rings. The third-order valence-corrected chi connectivity index (χ3v) is 5.11. The highest BCUT2D eigenvalue weighted by Gasteiger charge is 2.12. The van der Waals surface area contributed by atoms with Gasteiger partial charge in [0, 0.05) is 13.1 Å². The Kier molecular flexibility index (Phi) is 6.33. The van der Waals surface area contributed by atoms with E-state index in [4.69, 9.17) is 0 Å². The van der Waals surface area contributed by atoms with Gasteiger partial charge in [0.1, 0.15) is 0 Å². The van der Waals surface area contributed by atoms with Gasteiger partial charge in [0.05, 0.1) is 4.90 Å². The standard InChI is InChI=1S/C18H24N2O2S/c1-16-9-11-18(12-10-16)23(21,22)19-13-6-14-20(2)15-17-7-4-3-5-8-17/h3-5,7-12,19H,6,13-15H2,1-2H3. The van der Waals surface area contributed by atoms with Gasteiger partial charge in [-0.25, -0.2) is 13.1 Å². The maximum Gasteiger partial charge on any atom is 0.240 e. The minimum Gasteiger partial charge on any atom is -0.302 e. The Bertz CT molecular complexity index is 698. The largest absolute Gasteiger partial charge is 0.302 e. The molecule has 2 rings (SSSR count). The number of sulfonamides is 1. The van der Waals surface area contributed by atoms with E-state index in [9.17, 15) is 8.42 Å². The summed E-state index contributed by atoms with van der Waals surface area (Å²) in [4.78, 5) is 2.51. The van der Waals surface area contributed by atoms with Crippen LogP contribution in [0.15, 0.2) is 59.5 Å². The van der Waals surface area contributed by atoms with Crippen molar-refractivity contribution in [2.24, 2.45) is 0 Å². The van der Waals surface area contributed by atoms with Crippen molar-refractivity contribution < 1.29 is 8.42 Å². The van der Waals surface area contributed by atoms with Gasteiger partial charge in [-0.3, -0.25) is 0 Å². The number of rotatable bonds is 8. The van der Waals surface area contributed by atoms with Crippen LogP contribution < -0.4 is 4.72 Å². The van der Waals surface area contributed by atoms with Crippen LogP contribution in [0.25, 0.3) is 0 Å². The molecule has 23 heavy (non-hydrogen) atoms. The molecule has 4 nitrogen and oxygen atoms in total. The molecule has 1 N–H and O–H groups in total. The first-order chi connectivity index (χ1) is 11.0. The summed E-state index contributed by atoms with van der Waals surface area (Å²) >= 11 is 0. The molecule has 124 valence electrons. The molecule has 0 amide bonds. The molecule has 0 saturated heterocycles. The number of nitrogens with zero attached hydrogens (tertiary/aromatic N) is 1. The van der Waals surface area contributed by atoms with Crippen molar-refractivity contribution in [3.8, 4) is 0 Å². The predicted octanol–water partition coefficient (Wildman–Crippen LogP) is 2.80. The Morgan fingerprint density at radius 1 is 1.00 bits per heavy atom. The SMILES string of the molecule is Cc1ccc(S(=O)(=O)NCCCN(C)Cc2ccccc2)cc1. The van der Waals surface area contributed by atoms with Gasteiger partial charge in [-0.1, -0.05) is 48.0 Å². The fourth-order valence-corrected chi connectivity index (χ4v) is 3.40. The Labute approximate surface area is 139 Å². The van der Waals surface area contributed by atoms with Crippen molar-refractivity contribution in [3.63, 3.8) is 0 Å². The van der Waals surface area contributed by atoms with Crippen LogP contribution in [0, 0.1) is 6.92 Å². The summed E-state index contributed by atoms with van der Waals surface area (Å²) in [5.74, 6) is 0. The Balaban J connectivity index is 1.75. The van der Waals surface area contributed by atoms with Crippen molar-refractivity contribution in [2.45, 2.75) is 24.8 Å². The Hall–Kier alpha value is -1.69. The minimum atomic E-state index is -3.40. The van der Waals surface area contributed by atoms with Crippen molar-refractivity contribution in [1.29, 1.82) is 0 Å². The van der Waals surface area contributed by atoms with E-state index in [1.165, 1.54) is 5.56 Å². The van der Waals surface area contributed by atoms with Crippen LogP contribution in [0.4, 0.5) is 0 Å². The second-order valence-corrected chi connectivity index (χ2v) is 7.55. The highest BCUT2D eigenvalue weighted by atomic mass is 32.2. The fraction of sp³-hybridized carbons (Fsp3) is 0.333. The summed E-state index contributed by atoms with van der Waals surface area (Å²) in [5.41, 5.74) is 2.31. The Morgan fingerprint density at radius 2 is 1.65 bits per heavy atom. The molecule has 0 aliphatic carbocycles. The van der Waals surface area contributed by atoms with Crippen molar-refractivity contribution >= 4 is 10.0 Å². The molecule has 0 aliphatic heterocycles. The lowest BCUT2D eigenvalue weighted by Crippen LogP contribution is -2.28. The summed E-state index contributed by atoms with van der Waals surface area (Å²) in [6.07, 6.45) is 0.772. The van der Waals surface area contributed by atoms with Gasteiger partial charge >= 0.3 is 0 Å². The number of benzene rings is 2. The van der Waals surface area contributed by atoms with Gasteiger partial charge in [0.25, 0.3) is 0 Å². The summed E-state index contributed by atoms with van der Waals surface area (Å²) in [6.45, 7) is 4.08. The number of aryl methyl sites for hydroxylation is 1. The lowest BCUT2D eigenvalue weighted by molar-refractivity contribution is 0.322. The monoisotopic (exact) mass is 332 g/mol. The molecule has 0 aromatic heterocycles. The second kappa shape index (κ2) is 8.24. The van der Waals surface area contributed by atoms with Gasteiger partial charge in [-0.15, -0.1) is 0 Å². The predicted molar refractivity (Wildman–Crippen MR) is 93.8 cm³/mol. The normalized spacial score (nSPS) is 11.8. The van der Waals surface area contributed by atoms with Crippen LogP contribution in [0.1, 0.15) is 17.5 Å². The lowest BCUT2D eigenvalue weighted by atomic mass is 10.2. The number of hydrogen-bond acceptors (Lipinski definition) is 3. The maximum absolute atomic E-state index is 12.2. The first-order valence-electron chi connectivity index (χ1n) is 7.76. The molecule has 0 saturated carbocycles. The van der Waals surface area contributed by atoms with Crippen LogP contribution in [-0.4, -0.2) is 33.5 Å². The van der Waals surface area contributed by atoms with Crippen LogP contribution in [0.3, 0.4) is 0 Å². The van der Waals surface area contributed by atoms with E-state index in [2.05, 4.69) is 21.8 Å². The number of nitrogens with one attached hydrogen (secondary N) is 1. The van der Waals surface area contributed by atoms with E-state index in [-0.39, 0.29) is 0 Å². The summed E-state index contributed by atoms with van der Waals surface area (Å²) in [7, 11) is -1.36. The van der Waals surface area contributed by atoms with E-state index in [0.29, 0.717) is 11.4 Å². The number of hydrogen-bond donors (Lipinski definition) is 1. The first kappa shape index (κ1) is 17.7. The lowest BCUT2D eigenvalue weighted by Gasteiger charge is -2.16. The van der Waals surface area contributed by atoms with Gasteiger partial charge < -0.3 is 4.90 Å². The Morgan fingerprint density at radius 3 is 2.30 bits per heavy atom. The maximum atomic E-state index is 12.2. The quantitative estimate of drug-likeness (QED) is 0.756. The molecule has 0 aliphatic rings. The fourth-order valence-electron chi connectivity index (χ4n) is 2.33. The molecule has 0 spiro atoms. The van der Waals surface area contributed by atoms with Gasteiger partial charge in [0.15, 0.2) is 0 Å². The summed E-state index contributed by atoms with van der Waals surface area (Å²) < 4.78 is 27.0. The van der Waals surface area contributed by atoms with Crippen LogP contribution in [0.5, 0.6) is 0 Å². The zero-order chi connectivity index (χ0) is 16.7. The topological polar surface area (TPSA) is 49.4 Å². The molecule has 0 radical (unpaired) electrons. The molecular weight excluding hydrogens is 308 g/mol. The van der Waals surface area contributed by atoms with Crippen LogP contribution in [-0.2, 0) is 16.6 Å². The molecule has 2 aromatic carbocycles. The molecular formula is C18H24N2O2S. The third kappa shape index (κ3) is 5.78. The van der Waals surface area contributed by atoms with Gasteiger partial charge in [-0.2, -0.15) is 0 Å². The minimum absolute atomic E-state index is 0.320. The summed E-state index contributed by atoms with van der Waals surface area (Å²) in [6, 6.07) is 17.1. The van der Waals surface area contributed by atoms with E-state index in [0.717, 1.165) is 25.1 Å². The average Bonchev–Trinajstić information content (AvgIpc) is 2.53. The van der Waals surface area contributed by atoms with Crippen molar-refractivity contribution in [1.82, 2.24) is 9.62 Å². The molecule has 0 bridgehead atoms. The second-order valence-electron chi connectivity index (χ2n) is 5.79. The molecule has 2 aromatic rings. The van der Waals surface area contributed by atoms with Gasteiger partial charge in [0.2, 0.25) is 10.0 Å². The van der Waals surface area contributed by atoms with Gasteiger partial charge in [-0.05, 0) is 44.6 Å². The third-order valence-electron chi connectivity index (χ3n) is 3.64. The van der Waals surface area contributed by atoms with E-state index in [1.54, 1.807) is 12.1 Å². The smallest absolute Gasteiger partial charge is 0.240 e. The van der Waals surface area contributed by atoms with E-state index in [1.807, 2.05) is 44.3 Å². The highest BCUT2D eigenvalue weighted by molar-refractivity contribution is 7.89. The van der Waals surface area contributed by atoms with Crippen LogP contribution >= 0.6 is 0 Å². The summed E-state index contributed by atoms with van der Waals surface area (Å²) in [5, 5.41) is 0. The zero-order valence-electron chi connectivity index (χ0n) is 13.7. The molecule has 0 unspecified atom stereocenters. The molecule has 0 atom stereocenters. The first-order valence-corrected chi connectivity index (χ1v) is 9.24. The van der Waals surface area contributed by atoms with E-state index >= 15 is 0 Å². The van der Waals surface area contributed by atoms with Crippen molar-refractivity contribution in [3.05, 3.63) is 65.7 Å². The average molecular weight is 332 g/mol. The van der Waals surface area contributed by atoms with Crippen LogP contribution in [0.2, 0.25) is 0 Å². The zero-order valence-corrected chi connectivity index (χ0v) is 14.5.